The van der Waals surface area contributed by atoms with Gasteiger partial charge < -0.3 is 0 Å². The van der Waals surface area contributed by atoms with Crippen LogP contribution in [-0.4, -0.2) is 5.78 Å². The lowest BCUT2D eigenvalue weighted by Gasteiger charge is -2.53. The van der Waals surface area contributed by atoms with Gasteiger partial charge in [-0.15, -0.1) is 0 Å². The Morgan fingerprint density at radius 3 is 1.18 bits per heavy atom. The quantitative estimate of drug-likeness (QED) is 0.259. The van der Waals surface area contributed by atoms with E-state index in [0.29, 0.717) is 5.78 Å². The first-order valence-electron chi connectivity index (χ1n) is 14.5. The van der Waals surface area contributed by atoms with E-state index in [0.717, 1.165) is 38.5 Å². The van der Waals surface area contributed by atoms with E-state index in [1.54, 1.807) is 0 Å². The van der Waals surface area contributed by atoms with E-state index in [-0.39, 0.29) is 11.8 Å². The second-order valence-corrected chi connectivity index (χ2v) is 11.4. The highest BCUT2D eigenvalue weighted by atomic mass is 16.1. The van der Waals surface area contributed by atoms with Crippen LogP contribution in [0.2, 0.25) is 0 Å². The van der Waals surface area contributed by atoms with Gasteiger partial charge in [0.05, 0.1) is 10.8 Å². The van der Waals surface area contributed by atoms with Crippen molar-refractivity contribution < 1.29 is 4.79 Å². The molecule has 2 fully saturated rings. The fraction of sp³-hybridized carbons (Fsp3) is 0.324. The van der Waals surface area contributed by atoms with Crippen LogP contribution in [0, 0.1) is 0 Å². The molecule has 38 heavy (non-hydrogen) atoms. The molecule has 0 aliphatic heterocycles. The number of rotatable bonds is 6. The Labute approximate surface area is 227 Å². The van der Waals surface area contributed by atoms with Crippen molar-refractivity contribution in [3.63, 3.8) is 0 Å². The van der Waals surface area contributed by atoms with Crippen LogP contribution in [0.25, 0.3) is 0 Å². The van der Waals surface area contributed by atoms with Crippen molar-refractivity contribution in [1.82, 2.24) is 0 Å². The molecule has 2 aliphatic rings. The average Bonchev–Trinajstić information content (AvgIpc) is 3.02. The van der Waals surface area contributed by atoms with Gasteiger partial charge in [0.15, 0.2) is 5.78 Å². The topological polar surface area (TPSA) is 17.1 Å². The molecule has 0 heterocycles. The Morgan fingerprint density at radius 1 is 0.474 bits per heavy atom. The molecule has 0 amide bonds. The number of carbonyl (C=O) groups is 1. The number of ketones is 1. The number of carbonyl (C=O) groups excluding carboxylic acids is 1. The van der Waals surface area contributed by atoms with Crippen molar-refractivity contribution in [2.24, 2.45) is 0 Å². The fourth-order valence-electron chi connectivity index (χ4n) is 7.98. The van der Waals surface area contributed by atoms with E-state index in [2.05, 4.69) is 121 Å². The summed E-state index contributed by atoms with van der Waals surface area (Å²) in [6.45, 7) is 0. The third kappa shape index (κ3) is 4.13. The predicted molar refractivity (Wildman–Crippen MR) is 157 cm³/mol. The van der Waals surface area contributed by atoms with Crippen LogP contribution in [0.4, 0.5) is 0 Å². The number of Topliss-reactive ketones (excluding diaryl/α,β-unsaturated/α-hetero) is 1. The normalized spacial score (nSPS) is 27.5. The first-order chi connectivity index (χ1) is 18.8. The Hall–Kier alpha value is -3.45. The van der Waals surface area contributed by atoms with Gasteiger partial charge >= 0.3 is 0 Å². The number of hydrogen-bond donors (Lipinski definition) is 0. The first-order valence-corrected chi connectivity index (χ1v) is 14.5. The van der Waals surface area contributed by atoms with Gasteiger partial charge in [-0.1, -0.05) is 147 Å². The molecule has 0 saturated heterocycles. The fourth-order valence-corrected chi connectivity index (χ4v) is 7.98. The Balaban J connectivity index is 1.62. The van der Waals surface area contributed by atoms with Gasteiger partial charge in [-0.2, -0.15) is 0 Å². The van der Waals surface area contributed by atoms with Crippen molar-refractivity contribution in [2.45, 2.75) is 74.0 Å². The van der Waals surface area contributed by atoms with Crippen molar-refractivity contribution in [1.29, 1.82) is 0 Å². The highest BCUT2D eigenvalue weighted by molar-refractivity contribution is 6.01. The van der Waals surface area contributed by atoms with E-state index in [1.165, 1.54) is 35.1 Å². The van der Waals surface area contributed by atoms with E-state index >= 15 is 4.79 Å². The maximum absolute atomic E-state index is 16.0. The third-order valence-electron chi connectivity index (χ3n) is 9.61. The van der Waals surface area contributed by atoms with Gasteiger partial charge in [-0.25, -0.2) is 0 Å². The molecule has 4 aromatic carbocycles. The molecule has 2 aliphatic carbocycles. The molecule has 6 rings (SSSR count). The summed E-state index contributed by atoms with van der Waals surface area (Å²) < 4.78 is 0. The van der Waals surface area contributed by atoms with E-state index in [1.807, 2.05) is 0 Å². The minimum atomic E-state index is -0.554. The molecule has 0 aromatic heterocycles. The third-order valence-corrected chi connectivity index (χ3v) is 9.61. The van der Waals surface area contributed by atoms with Gasteiger partial charge in [0.2, 0.25) is 0 Å². The standard InChI is InChI=1S/C37H38O/c38-35(36(31-21-9-3-10-22-31)27-15-13-25-33(36)29-17-5-1-6-18-29)37(32-23-11-4-12-24-32)28-16-14-26-34(37)30-19-7-2-8-20-30/h1-12,17-24,33-34H,13-16,25-28H2. The smallest absolute Gasteiger partial charge is 0.155 e. The molecule has 1 heteroatoms. The van der Waals surface area contributed by atoms with Crippen molar-refractivity contribution >= 4 is 5.78 Å². The summed E-state index contributed by atoms with van der Waals surface area (Å²) in [7, 11) is 0. The number of benzene rings is 4. The Morgan fingerprint density at radius 2 is 0.816 bits per heavy atom. The molecule has 0 spiro atoms. The molecule has 192 valence electrons. The molecular formula is C37H38O. The lowest BCUT2D eigenvalue weighted by molar-refractivity contribution is -0.135. The highest BCUT2D eigenvalue weighted by Crippen LogP contribution is 2.59. The van der Waals surface area contributed by atoms with Crippen molar-refractivity contribution in [3.05, 3.63) is 144 Å². The van der Waals surface area contributed by atoms with Gasteiger partial charge in [-0.3, -0.25) is 4.79 Å². The van der Waals surface area contributed by atoms with Crippen molar-refractivity contribution in [3.8, 4) is 0 Å². The van der Waals surface area contributed by atoms with Gasteiger partial charge in [-0.05, 0) is 47.9 Å². The minimum Gasteiger partial charge on any atom is -0.298 e. The largest absolute Gasteiger partial charge is 0.298 e. The monoisotopic (exact) mass is 498 g/mol. The van der Waals surface area contributed by atoms with Gasteiger partial charge in [0, 0.05) is 11.8 Å². The van der Waals surface area contributed by atoms with Crippen molar-refractivity contribution in [2.75, 3.05) is 0 Å². The zero-order valence-electron chi connectivity index (χ0n) is 22.3. The lowest BCUT2D eigenvalue weighted by atomic mass is 9.48. The molecule has 4 unspecified atom stereocenters. The zero-order chi connectivity index (χ0) is 25.8. The second kappa shape index (κ2) is 10.7. The van der Waals surface area contributed by atoms with E-state index in [9.17, 15) is 0 Å². The molecule has 1 nitrogen and oxygen atoms in total. The lowest BCUT2D eigenvalue weighted by Crippen LogP contribution is -2.56. The van der Waals surface area contributed by atoms with Crippen LogP contribution in [0.3, 0.4) is 0 Å². The molecule has 2 saturated carbocycles. The summed E-state index contributed by atoms with van der Waals surface area (Å²) in [5.41, 5.74) is 3.90. The maximum atomic E-state index is 16.0. The highest BCUT2D eigenvalue weighted by Gasteiger charge is 2.59. The predicted octanol–water partition coefficient (Wildman–Crippen LogP) is 9.15. The van der Waals surface area contributed by atoms with Crippen LogP contribution in [-0.2, 0) is 15.6 Å². The molecular weight excluding hydrogens is 460 g/mol. The minimum absolute atomic E-state index is 0.172. The van der Waals surface area contributed by atoms with E-state index < -0.39 is 10.8 Å². The molecule has 4 aromatic rings. The maximum Gasteiger partial charge on any atom is 0.155 e. The van der Waals surface area contributed by atoms with Crippen LogP contribution in [0.5, 0.6) is 0 Å². The van der Waals surface area contributed by atoms with Gasteiger partial charge in [0.1, 0.15) is 0 Å². The summed E-state index contributed by atoms with van der Waals surface area (Å²) >= 11 is 0. The van der Waals surface area contributed by atoms with E-state index in [4.69, 9.17) is 0 Å². The molecule has 0 N–H and O–H groups in total. The molecule has 4 atom stereocenters. The average molecular weight is 499 g/mol. The Bertz CT molecular complexity index is 1230. The number of hydrogen-bond acceptors (Lipinski definition) is 1. The summed E-state index contributed by atoms with van der Waals surface area (Å²) in [4.78, 5) is 16.0. The molecule has 0 bridgehead atoms. The SMILES string of the molecule is O=C(C1(c2ccccc2)CCCCC1c1ccccc1)C1(c2ccccc2)CCCCC1c1ccccc1. The van der Waals surface area contributed by atoms with Crippen LogP contribution in [0.15, 0.2) is 121 Å². The molecule has 0 radical (unpaired) electrons. The van der Waals surface area contributed by atoms with Gasteiger partial charge in [0.25, 0.3) is 0 Å². The summed E-state index contributed by atoms with van der Waals surface area (Å²) in [5.74, 6) is 0.794. The Kier molecular flexibility index (Phi) is 7.02. The zero-order valence-corrected chi connectivity index (χ0v) is 22.3. The second-order valence-electron chi connectivity index (χ2n) is 11.4. The van der Waals surface area contributed by atoms with Crippen LogP contribution < -0.4 is 0 Å². The summed E-state index contributed by atoms with van der Waals surface area (Å²) in [6.07, 6.45) is 8.42. The van der Waals surface area contributed by atoms with Crippen LogP contribution >= 0.6 is 0 Å². The summed E-state index contributed by atoms with van der Waals surface area (Å²) in [6, 6.07) is 43.4. The van der Waals surface area contributed by atoms with Crippen LogP contribution in [0.1, 0.15) is 85.5 Å². The summed E-state index contributed by atoms with van der Waals surface area (Å²) in [5, 5.41) is 0. The first kappa shape index (κ1) is 24.9.